The quantitative estimate of drug-likeness (QED) is 0.706. The van der Waals surface area contributed by atoms with Crippen LogP contribution in [0.3, 0.4) is 0 Å². The van der Waals surface area contributed by atoms with E-state index in [4.69, 9.17) is 11.6 Å². The second kappa shape index (κ2) is 6.58. The second-order valence-corrected chi connectivity index (χ2v) is 8.78. The second-order valence-electron chi connectivity index (χ2n) is 6.36. The molecule has 18 heavy (non-hydrogen) atoms. The van der Waals surface area contributed by atoms with E-state index in [1.54, 1.807) is 4.31 Å². The maximum atomic E-state index is 12.3. The highest BCUT2D eigenvalue weighted by molar-refractivity contribution is 7.89. The monoisotopic (exact) mass is 295 g/mol. The van der Waals surface area contributed by atoms with Gasteiger partial charge in [0, 0.05) is 18.5 Å². The lowest BCUT2D eigenvalue weighted by Gasteiger charge is -2.26. The van der Waals surface area contributed by atoms with Crippen molar-refractivity contribution in [2.45, 2.75) is 58.9 Å². The Morgan fingerprint density at radius 2 is 2.00 bits per heavy atom. The minimum atomic E-state index is -3.08. The molecular formula is C13H26ClNO2S. The molecule has 0 aromatic carbocycles. The van der Waals surface area contributed by atoms with Crippen molar-refractivity contribution < 1.29 is 8.42 Å². The smallest absolute Gasteiger partial charge is 0.212 e. The van der Waals surface area contributed by atoms with Gasteiger partial charge in [0.2, 0.25) is 10.0 Å². The molecule has 0 bridgehead atoms. The van der Waals surface area contributed by atoms with E-state index in [-0.39, 0.29) is 17.2 Å². The molecule has 0 spiro atoms. The molecule has 3 nitrogen and oxygen atoms in total. The Kier molecular flexibility index (Phi) is 5.94. The molecule has 1 unspecified atom stereocenters. The van der Waals surface area contributed by atoms with Gasteiger partial charge in [-0.1, -0.05) is 20.8 Å². The highest BCUT2D eigenvalue weighted by Gasteiger charge is 2.33. The molecule has 1 aliphatic heterocycles. The molecule has 1 aliphatic rings. The van der Waals surface area contributed by atoms with Crippen LogP contribution in [0.1, 0.15) is 52.9 Å². The molecular weight excluding hydrogens is 270 g/mol. The van der Waals surface area contributed by atoms with Crippen LogP contribution >= 0.6 is 11.6 Å². The maximum Gasteiger partial charge on any atom is 0.214 e. The van der Waals surface area contributed by atoms with E-state index < -0.39 is 10.0 Å². The predicted molar refractivity (Wildman–Crippen MR) is 77.5 cm³/mol. The van der Waals surface area contributed by atoms with Crippen LogP contribution in [0.2, 0.25) is 0 Å². The van der Waals surface area contributed by atoms with Crippen molar-refractivity contribution in [2.24, 2.45) is 5.41 Å². The molecule has 0 N–H and O–H groups in total. The Hall–Kier alpha value is 0.200. The van der Waals surface area contributed by atoms with Gasteiger partial charge in [0.15, 0.2) is 0 Å². The van der Waals surface area contributed by atoms with E-state index in [0.29, 0.717) is 18.8 Å². The molecule has 0 aromatic heterocycles. The summed E-state index contributed by atoms with van der Waals surface area (Å²) in [4.78, 5) is 0. The maximum absolute atomic E-state index is 12.3. The van der Waals surface area contributed by atoms with E-state index in [1.165, 1.54) is 0 Å². The normalized spacial score (nSPS) is 22.6. The molecule has 0 radical (unpaired) electrons. The van der Waals surface area contributed by atoms with Gasteiger partial charge in [-0.05, 0) is 37.5 Å². The van der Waals surface area contributed by atoms with Crippen LogP contribution < -0.4 is 0 Å². The Morgan fingerprint density at radius 3 is 2.56 bits per heavy atom. The average molecular weight is 296 g/mol. The number of alkyl halides is 1. The minimum absolute atomic E-state index is 0.0679. The highest BCUT2D eigenvalue weighted by Crippen LogP contribution is 2.27. The number of rotatable bonds is 6. The van der Waals surface area contributed by atoms with E-state index in [2.05, 4.69) is 20.8 Å². The fraction of sp³-hybridized carbons (Fsp3) is 1.00. The third-order valence-corrected chi connectivity index (χ3v) is 5.64. The van der Waals surface area contributed by atoms with Crippen molar-refractivity contribution in [1.29, 1.82) is 0 Å². The molecule has 1 saturated heterocycles. The molecule has 1 heterocycles. The Balaban J connectivity index is 2.60. The molecule has 5 heteroatoms. The van der Waals surface area contributed by atoms with Gasteiger partial charge in [-0.3, -0.25) is 0 Å². The summed E-state index contributed by atoms with van der Waals surface area (Å²) in [6.07, 6.45) is 4.50. The van der Waals surface area contributed by atoms with Crippen LogP contribution in [0.5, 0.6) is 0 Å². The van der Waals surface area contributed by atoms with Crippen molar-refractivity contribution in [3.8, 4) is 0 Å². The van der Waals surface area contributed by atoms with Gasteiger partial charge in [-0.25, -0.2) is 8.42 Å². The van der Waals surface area contributed by atoms with Crippen molar-refractivity contribution in [3.05, 3.63) is 0 Å². The van der Waals surface area contributed by atoms with Crippen LogP contribution in [0.15, 0.2) is 0 Å². The van der Waals surface area contributed by atoms with Crippen LogP contribution in [0, 0.1) is 5.41 Å². The lowest BCUT2D eigenvalue weighted by atomic mass is 9.94. The van der Waals surface area contributed by atoms with Crippen molar-refractivity contribution >= 4 is 21.6 Å². The molecule has 0 amide bonds. The van der Waals surface area contributed by atoms with Crippen LogP contribution in [-0.4, -0.2) is 36.9 Å². The molecule has 0 saturated carbocycles. The minimum Gasteiger partial charge on any atom is -0.212 e. The summed E-state index contributed by atoms with van der Waals surface area (Å²) < 4.78 is 26.4. The first-order chi connectivity index (χ1) is 8.26. The summed E-state index contributed by atoms with van der Waals surface area (Å²) in [6, 6.07) is 0.189. The van der Waals surface area contributed by atoms with E-state index in [1.807, 2.05) is 0 Å². The largest absolute Gasteiger partial charge is 0.214 e. The van der Waals surface area contributed by atoms with E-state index >= 15 is 0 Å². The number of nitrogens with zero attached hydrogens (tertiary/aromatic N) is 1. The summed E-state index contributed by atoms with van der Waals surface area (Å²) in [5.74, 6) is 0.889. The summed E-state index contributed by atoms with van der Waals surface area (Å²) in [5, 5.41) is 0. The number of halogens is 1. The van der Waals surface area contributed by atoms with Crippen molar-refractivity contribution in [2.75, 3.05) is 18.2 Å². The van der Waals surface area contributed by atoms with Crippen LogP contribution in [0.25, 0.3) is 0 Å². The summed E-state index contributed by atoms with van der Waals surface area (Å²) in [6.45, 7) is 6.94. The molecule has 0 aliphatic carbocycles. The van der Waals surface area contributed by atoms with Crippen molar-refractivity contribution in [3.63, 3.8) is 0 Å². The van der Waals surface area contributed by atoms with Gasteiger partial charge in [-0.15, -0.1) is 11.6 Å². The summed E-state index contributed by atoms with van der Waals surface area (Å²) in [7, 11) is -3.08. The summed E-state index contributed by atoms with van der Waals surface area (Å²) >= 11 is 5.69. The first kappa shape index (κ1) is 16.3. The Bertz CT molecular complexity index is 348. The number of sulfonamides is 1. The van der Waals surface area contributed by atoms with Crippen molar-refractivity contribution in [1.82, 2.24) is 4.31 Å². The molecule has 1 rings (SSSR count). The van der Waals surface area contributed by atoms with Crippen LogP contribution in [-0.2, 0) is 10.0 Å². The Morgan fingerprint density at radius 1 is 1.33 bits per heavy atom. The third kappa shape index (κ3) is 5.06. The predicted octanol–water partition coefficient (Wildman–Crippen LogP) is 3.24. The first-order valence-electron chi connectivity index (χ1n) is 6.82. The zero-order chi connectivity index (χ0) is 13.8. The lowest BCUT2D eigenvalue weighted by molar-refractivity contribution is 0.355. The standard InChI is InChI=1S/C13H26ClNO2S/c1-13(2,3)8-11-18(16,17)15-10-5-7-12(15)6-4-9-14/h12H,4-11H2,1-3H3. The first-order valence-corrected chi connectivity index (χ1v) is 8.96. The van der Waals surface area contributed by atoms with Gasteiger partial charge in [0.25, 0.3) is 0 Å². The third-order valence-electron chi connectivity index (χ3n) is 3.46. The van der Waals surface area contributed by atoms with Crippen LogP contribution in [0.4, 0.5) is 0 Å². The topological polar surface area (TPSA) is 37.4 Å². The fourth-order valence-corrected chi connectivity index (χ4v) is 4.66. The molecule has 1 fully saturated rings. The van der Waals surface area contributed by atoms with Gasteiger partial charge in [0.1, 0.15) is 0 Å². The van der Waals surface area contributed by atoms with E-state index in [9.17, 15) is 8.42 Å². The zero-order valence-corrected chi connectivity index (χ0v) is 13.4. The SMILES string of the molecule is CC(C)(C)CCS(=O)(=O)N1CCCC1CCCCl. The van der Waals surface area contributed by atoms with Gasteiger partial charge in [0.05, 0.1) is 5.75 Å². The number of hydrogen-bond acceptors (Lipinski definition) is 2. The molecule has 108 valence electrons. The van der Waals surface area contributed by atoms with Gasteiger partial charge < -0.3 is 0 Å². The van der Waals surface area contributed by atoms with Gasteiger partial charge in [-0.2, -0.15) is 4.31 Å². The zero-order valence-electron chi connectivity index (χ0n) is 11.8. The number of hydrogen-bond donors (Lipinski definition) is 0. The molecule has 0 aromatic rings. The molecule has 1 atom stereocenters. The van der Waals surface area contributed by atoms with Gasteiger partial charge >= 0.3 is 0 Å². The fourth-order valence-electron chi connectivity index (χ4n) is 2.33. The van der Waals surface area contributed by atoms with E-state index in [0.717, 1.165) is 25.7 Å². The average Bonchev–Trinajstić information content (AvgIpc) is 2.72. The Labute approximate surface area is 117 Å². The lowest BCUT2D eigenvalue weighted by Crippen LogP contribution is -2.37. The summed E-state index contributed by atoms with van der Waals surface area (Å²) in [5.41, 5.74) is 0.0679. The highest BCUT2D eigenvalue weighted by atomic mass is 35.5.